The quantitative estimate of drug-likeness (QED) is 0.903. The number of carbonyl (C=O) groups excluding carboxylic acids is 1. The van der Waals surface area contributed by atoms with E-state index in [2.05, 4.69) is 24.1 Å². The van der Waals surface area contributed by atoms with Crippen LogP contribution in [0, 0.1) is 11.8 Å². The zero-order valence-electron chi connectivity index (χ0n) is 14.2. The highest BCUT2D eigenvalue weighted by Gasteiger charge is 2.29. The van der Waals surface area contributed by atoms with Gasteiger partial charge in [0.2, 0.25) is 5.89 Å². The van der Waals surface area contributed by atoms with Crippen LogP contribution >= 0.6 is 0 Å². The second-order valence-corrected chi connectivity index (χ2v) is 6.81. The Labute approximate surface area is 142 Å². The first kappa shape index (κ1) is 16.7. The van der Waals surface area contributed by atoms with Crippen LogP contribution in [0.1, 0.15) is 61.1 Å². The smallest absolute Gasteiger partial charge is 0.273 e. The van der Waals surface area contributed by atoms with Gasteiger partial charge in [0.05, 0.1) is 0 Å². The third-order valence-electron chi connectivity index (χ3n) is 5.20. The van der Waals surface area contributed by atoms with E-state index in [-0.39, 0.29) is 11.9 Å². The first-order valence-electron chi connectivity index (χ1n) is 8.63. The number of benzene rings is 1. The minimum atomic E-state index is -0.471. The van der Waals surface area contributed by atoms with Crippen molar-refractivity contribution in [3.05, 3.63) is 53.7 Å². The summed E-state index contributed by atoms with van der Waals surface area (Å²) in [6, 6.07) is 9.32. The molecule has 5 heteroatoms. The molecule has 1 aromatic heterocycles. The van der Waals surface area contributed by atoms with Gasteiger partial charge in [-0.1, -0.05) is 57.0 Å². The molecular weight excluding hydrogens is 302 g/mol. The normalized spacial score (nSPS) is 25.2. The minimum absolute atomic E-state index is 0.184. The second kappa shape index (κ2) is 7.18. The number of hydrogen-bond acceptors (Lipinski definition) is 4. The first-order chi connectivity index (χ1) is 11.6. The van der Waals surface area contributed by atoms with E-state index in [9.17, 15) is 4.79 Å². The molecule has 4 unspecified atom stereocenters. The average Bonchev–Trinajstić information content (AvgIpc) is 3.09. The van der Waals surface area contributed by atoms with Crippen molar-refractivity contribution in [1.29, 1.82) is 0 Å². The molecule has 1 saturated carbocycles. The lowest BCUT2D eigenvalue weighted by Gasteiger charge is -2.34. The summed E-state index contributed by atoms with van der Waals surface area (Å²) in [5.41, 5.74) is 7.36. The highest BCUT2D eigenvalue weighted by molar-refractivity contribution is 5.92. The van der Waals surface area contributed by atoms with E-state index in [0.717, 1.165) is 18.4 Å². The Morgan fingerprint density at radius 1 is 1.29 bits per heavy atom. The molecule has 1 aliphatic carbocycles. The van der Waals surface area contributed by atoms with Gasteiger partial charge in [-0.05, 0) is 23.8 Å². The Bertz CT molecular complexity index is 683. The summed E-state index contributed by atoms with van der Waals surface area (Å²) in [4.78, 5) is 16.8. The molecule has 0 radical (unpaired) electrons. The van der Waals surface area contributed by atoms with Crippen LogP contribution in [0.4, 0.5) is 0 Å². The molecule has 1 fully saturated rings. The van der Waals surface area contributed by atoms with E-state index in [1.807, 2.05) is 30.3 Å². The van der Waals surface area contributed by atoms with Gasteiger partial charge >= 0.3 is 0 Å². The summed E-state index contributed by atoms with van der Waals surface area (Å²) in [7, 11) is 0. The summed E-state index contributed by atoms with van der Waals surface area (Å²) in [5, 5.41) is 3.11. The van der Waals surface area contributed by atoms with Crippen LogP contribution < -0.4 is 11.1 Å². The molecule has 4 atom stereocenters. The SMILES string of the molecule is CC1CCCC(NC(=O)c2coc(C(N)c3ccccc3)n2)C1C. The molecule has 3 N–H and O–H groups in total. The lowest BCUT2D eigenvalue weighted by molar-refractivity contribution is 0.0886. The predicted octanol–water partition coefficient (Wildman–Crippen LogP) is 3.28. The van der Waals surface area contributed by atoms with E-state index in [0.29, 0.717) is 23.4 Å². The monoisotopic (exact) mass is 327 g/mol. The molecule has 1 aromatic carbocycles. The molecule has 128 valence electrons. The summed E-state index contributed by atoms with van der Waals surface area (Å²) in [6.07, 6.45) is 4.79. The lowest BCUT2D eigenvalue weighted by Crippen LogP contribution is -2.43. The van der Waals surface area contributed by atoms with Gasteiger partial charge in [-0.15, -0.1) is 0 Å². The molecule has 1 amide bonds. The van der Waals surface area contributed by atoms with Crippen molar-refractivity contribution in [1.82, 2.24) is 10.3 Å². The van der Waals surface area contributed by atoms with Crippen molar-refractivity contribution in [3.8, 4) is 0 Å². The van der Waals surface area contributed by atoms with Crippen LogP contribution in [0.15, 0.2) is 41.0 Å². The van der Waals surface area contributed by atoms with E-state index in [4.69, 9.17) is 10.2 Å². The number of oxazole rings is 1. The summed E-state index contributed by atoms with van der Waals surface area (Å²) in [5.74, 6) is 1.27. The van der Waals surface area contributed by atoms with Crippen molar-refractivity contribution >= 4 is 5.91 Å². The van der Waals surface area contributed by atoms with Gasteiger partial charge in [-0.25, -0.2) is 4.98 Å². The molecule has 0 bridgehead atoms. The van der Waals surface area contributed by atoms with E-state index in [1.165, 1.54) is 12.7 Å². The van der Waals surface area contributed by atoms with Gasteiger partial charge < -0.3 is 15.5 Å². The van der Waals surface area contributed by atoms with Crippen LogP contribution in [0.5, 0.6) is 0 Å². The van der Waals surface area contributed by atoms with Gasteiger partial charge in [0.1, 0.15) is 12.3 Å². The second-order valence-electron chi connectivity index (χ2n) is 6.81. The van der Waals surface area contributed by atoms with Crippen LogP contribution in [-0.4, -0.2) is 16.9 Å². The zero-order chi connectivity index (χ0) is 17.1. The molecular formula is C19H25N3O2. The van der Waals surface area contributed by atoms with Crippen LogP contribution in [-0.2, 0) is 0 Å². The Balaban J connectivity index is 1.68. The first-order valence-corrected chi connectivity index (χ1v) is 8.63. The van der Waals surface area contributed by atoms with Gasteiger partial charge in [0, 0.05) is 6.04 Å². The maximum Gasteiger partial charge on any atom is 0.273 e. The molecule has 1 aliphatic rings. The number of nitrogens with zero attached hydrogens (tertiary/aromatic N) is 1. The minimum Gasteiger partial charge on any atom is -0.446 e. The van der Waals surface area contributed by atoms with Crippen molar-refractivity contribution < 1.29 is 9.21 Å². The number of carbonyl (C=O) groups is 1. The van der Waals surface area contributed by atoms with Crippen LogP contribution in [0.3, 0.4) is 0 Å². The van der Waals surface area contributed by atoms with Crippen LogP contribution in [0.2, 0.25) is 0 Å². The number of hydrogen-bond donors (Lipinski definition) is 2. The Morgan fingerprint density at radius 3 is 2.79 bits per heavy atom. The summed E-state index contributed by atoms with van der Waals surface area (Å²) >= 11 is 0. The predicted molar refractivity (Wildman–Crippen MR) is 92.4 cm³/mol. The van der Waals surface area contributed by atoms with Crippen molar-refractivity contribution in [2.45, 2.75) is 45.2 Å². The molecule has 0 aliphatic heterocycles. The van der Waals surface area contributed by atoms with Crippen molar-refractivity contribution in [2.24, 2.45) is 17.6 Å². The molecule has 24 heavy (non-hydrogen) atoms. The van der Waals surface area contributed by atoms with Crippen molar-refractivity contribution in [2.75, 3.05) is 0 Å². The molecule has 5 nitrogen and oxygen atoms in total. The molecule has 2 aromatic rings. The summed E-state index contributed by atoms with van der Waals surface area (Å²) < 4.78 is 5.44. The molecule has 1 heterocycles. The largest absolute Gasteiger partial charge is 0.446 e. The van der Waals surface area contributed by atoms with Crippen molar-refractivity contribution in [3.63, 3.8) is 0 Å². The fourth-order valence-corrected chi connectivity index (χ4v) is 3.37. The number of aromatic nitrogens is 1. The van der Waals surface area contributed by atoms with Gasteiger partial charge in [-0.2, -0.15) is 0 Å². The highest BCUT2D eigenvalue weighted by atomic mass is 16.3. The maximum atomic E-state index is 12.5. The van der Waals surface area contributed by atoms with Gasteiger partial charge in [0.25, 0.3) is 5.91 Å². The maximum absolute atomic E-state index is 12.5. The van der Waals surface area contributed by atoms with E-state index in [1.54, 1.807) is 0 Å². The lowest BCUT2D eigenvalue weighted by atomic mass is 9.78. The molecule has 3 rings (SSSR count). The zero-order valence-corrected chi connectivity index (χ0v) is 14.2. The number of nitrogens with one attached hydrogen (secondary N) is 1. The fourth-order valence-electron chi connectivity index (χ4n) is 3.37. The van der Waals surface area contributed by atoms with Gasteiger partial charge in [0.15, 0.2) is 5.69 Å². The van der Waals surface area contributed by atoms with E-state index >= 15 is 0 Å². The third-order valence-corrected chi connectivity index (χ3v) is 5.20. The van der Waals surface area contributed by atoms with E-state index < -0.39 is 6.04 Å². The third kappa shape index (κ3) is 3.51. The molecule has 0 saturated heterocycles. The Kier molecular flexibility index (Phi) is 5.00. The standard InChI is InChI=1S/C19H25N3O2/c1-12-7-6-10-15(13(12)2)21-18(23)16-11-24-19(22-16)17(20)14-8-4-3-5-9-14/h3-5,8-9,11-13,15,17H,6-7,10,20H2,1-2H3,(H,21,23). The fraction of sp³-hybridized carbons (Fsp3) is 0.474. The summed E-state index contributed by atoms with van der Waals surface area (Å²) in [6.45, 7) is 4.45. The van der Waals surface area contributed by atoms with Crippen LogP contribution in [0.25, 0.3) is 0 Å². The number of nitrogens with two attached hydrogens (primary N) is 1. The average molecular weight is 327 g/mol. The number of rotatable bonds is 4. The Morgan fingerprint density at radius 2 is 2.04 bits per heavy atom. The highest BCUT2D eigenvalue weighted by Crippen LogP contribution is 2.29. The number of amides is 1. The topological polar surface area (TPSA) is 81.2 Å². The molecule has 0 spiro atoms. The van der Waals surface area contributed by atoms with Gasteiger partial charge in [-0.3, -0.25) is 4.79 Å². The Hall–Kier alpha value is -2.14.